The molecule has 2 nitrogen and oxygen atoms in total. The highest BCUT2D eigenvalue weighted by Crippen LogP contribution is 2.30. The second kappa shape index (κ2) is 6.00. The van der Waals surface area contributed by atoms with E-state index < -0.39 is 0 Å². The topological polar surface area (TPSA) is 29.5 Å². The molecule has 2 heteroatoms. The maximum atomic E-state index is 9.76. The highest BCUT2D eigenvalue weighted by atomic mass is 16.5. The molecular formula is C18H22O2. The van der Waals surface area contributed by atoms with Crippen molar-refractivity contribution in [1.82, 2.24) is 0 Å². The van der Waals surface area contributed by atoms with Gasteiger partial charge in [0.25, 0.3) is 0 Å². The summed E-state index contributed by atoms with van der Waals surface area (Å²) in [7, 11) is 0. The molecule has 0 aliphatic rings. The smallest absolute Gasteiger partial charge is 0.128 e. The van der Waals surface area contributed by atoms with Crippen LogP contribution in [0.15, 0.2) is 36.4 Å². The average Bonchev–Trinajstić information content (AvgIpc) is 2.37. The number of hydrogen-bond acceptors (Lipinski definition) is 2. The largest absolute Gasteiger partial charge is 0.507 e. The van der Waals surface area contributed by atoms with Crippen LogP contribution in [-0.4, -0.2) is 5.11 Å². The predicted octanol–water partition coefficient (Wildman–Crippen LogP) is 5.00. The summed E-state index contributed by atoms with van der Waals surface area (Å²) in [5.74, 6) is 2.57. The molecule has 0 atom stereocenters. The van der Waals surface area contributed by atoms with E-state index in [1.165, 1.54) is 5.56 Å². The van der Waals surface area contributed by atoms with E-state index in [1.54, 1.807) is 0 Å². The molecule has 0 saturated carbocycles. The highest BCUT2D eigenvalue weighted by molar-refractivity contribution is 5.46. The minimum Gasteiger partial charge on any atom is -0.507 e. The van der Waals surface area contributed by atoms with Gasteiger partial charge in [-0.15, -0.1) is 0 Å². The summed E-state index contributed by atoms with van der Waals surface area (Å²) in [6.45, 7) is 8.18. The molecule has 2 aromatic rings. The Hall–Kier alpha value is -1.96. The van der Waals surface area contributed by atoms with Crippen LogP contribution in [-0.2, 0) is 6.42 Å². The normalized spacial score (nSPS) is 10.8. The summed E-state index contributed by atoms with van der Waals surface area (Å²) >= 11 is 0. The van der Waals surface area contributed by atoms with Gasteiger partial charge in [-0.3, -0.25) is 0 Å². The van der Waals surface area contributed by atoms with E-state index in [4.69, 9.17) is 4.74 Å². The predicted molar refractivity (Wildman–Crippen MR) is 82.6 cm³/mol. The van der Waals surface area contributed by atoms with Gasteiger partial charge in [-0.25, -0.2) is 0 Å². The molecule has 0 heterocycles. The van der Waals surface area contributed by atoms with Gasteiger partial charge in [-0.1, -0.05) is 26.0 Å². The second-order valence-corrected chi connectivity index (χ2v) is 5.75. The number of ether oxygens (including phenoxy) is 1. The monoisotopic (exact) mass is 270 g/mol. The molecule has 0 radical (unpaired) electrons. The van der Waals surface area contributed by atoms with Crippen LogP contribution in [0.4, 0.5) is 0 Å². The quantitative estimate of drug-likeness (QED) is 0.847. The summed E-state index contributed by atoms with van der Waals surface area (Å²) < 4.78 is 5.84. The van der Waals surface area contributed by atoms with Gasteiger partial charge in [-0.2, -0.15) is 0 Å². The van der Waals surface area contributed by atoms with Crippen LogP contribution >= 0.6 is 0 Å². The zero-order valence-corrected chi connectivity index (χ0v) is 12.6. The molecule has 0 bridgehead atoms. The second-order valence-electron chi connectivity index (χ2n) is 5.75. The fourth-order valence-corrected chi connectivity index (χ4v) is 2.28. The lowest BCUT2D eigenvalue weighted by Crippen LogP contribution is -1.94. The molecule has 2 rings (SSSR count). The highest BCUT2D eigenvalue weighted by Gasteiger charge is 2.05. The molecule has 0 aliphatic carbocycles. The molecule has 0 unspecified atom stereocenters. The van der Waals surface area contributed by atoms with Crippen LogP contribution in [0.1, 0.15) is 30.5 Å². The van der Waals surface area contributed by atoms with Gasteiger partial charge in [-0.05, 0) is 67.1 Å². The Bertz CT molecular complexity index is 560. The number of phenols is 1. The third-order valence-corrected chi connectivity index (χ3v) is 3.27. The van der Waals surface area contributed by atoms with Gasteiger partial charge >= 0.3 is 0 Å². The SMILES string of the molecule is Cc1cc(Oc2ccc(CC(C)C)cc2)cc(C)c1O. The Labute approximate surface area is 121 Å². The summed E-state index contributed by atoms with van der Waals surface area (Å²) in [4.78, 5) is 0. The van der Waals surface area contributed by atoms with Gasteiger partial charge < -0.3 is 9.84 Å². The van der Waals surface area contributed by atoms with Crippen molar-refractivity contribution >= 4 is 0 Å². The van der Waals surface area contributed by atoms with Crippen molar-refractivity contribution in [2.45, 2.75) is 34.1 Å². The van der Waals surface area contributed by atoms with Gasteiger partial charge in [0.05, 0.1) is 0 Å². The van der Waals surface area contributed by atoms with Crippen LogP contribution < -0.4 is 4.74 Å². The Morgan fingerprint density at radius 3 is 2.00 bits per heavy atom. The molecule has 106 valence electrons. The number of phenolic OH excluding ortho intramolecular Hbond substituents is 1. The number of aryl methyl sites for hydroxylation is 2. The van der Waals surface area contributed by atoms with Crippen molar-refractivity contribution in [3.8, 4) is 17.2 Å². The lowest BCUT2D eigenvalue weighted by Gasteiger charge is -2.11. The molecule has 0 spiro atoms. The summed E-state index contributed by atoms with van der Waals surface area (Å²) in [6.07, 6.45) is 1.08. The van der Waals surface area contributed by atoms with Crippen LogP contribution in [0, 0.1) is 19.8 Å². The first-order valence-corrected chi connectivity index (χ1v) is 7.02. The Morgan fingerprint density at radius 1 is 0.950 bits per heavy atom. The Kier molecular flexibility index (Phi) is 4.33. The number of rotatable bonds is 4. The molecule has 20 heavy (non-hydrogen) atoms. The molecule has 0 saturated heterocycles. The Balaban J connectivity index is 2.14. The third kappa shape index (κ3) is 3.53. The van der Waals surface area contributed by atoms with E-state index in [2.05, 4.69) is 26.0 Å². The van der Waals surface area contributed by atoms with Crippen molar-refractivity contribution in [1.29, 1.82) is 0 Å². The molecule has 0 fully saturated rings. The van der Waals surface area contributed by atoms with E-state index >= 15 is 0 Å². The molecule has 0 aliphatic heterocycles. The van der Waals surface area contributed by atoms with Gasteiger partial charge in [0.15, 0.2) is 0 Å². The van der Waals surface area contributed by atoms with E-state index in [1.807, 2.05) is 38.1 Å². The van der Waals surface area contributed by atoms with Crippen molar-refractivity contribution in [3.05, 3.63) is 53.1 Å². The van der Waals surface area contributed by atoms with Crippen molar-refractivity contribution in [2.75, 3.05) is 0 Å². The fraction of sp³-hybridized carbons (Fsp3) is 0.333. The molecule has 0 amide bonds. The number of aromatic hydroxyl groups is 1. The maximum absolute atomic E-state index is 9.76. The lowest BCUT2D eigenvalue weighted by atomic mass is 10.0. The average molecular weight is 270 g/mol. The van der Waals surface area contributed by atoms with Crippen LogP contribution in [0.3, 0.4) is 0 Å². The van der Waals surface area contributed by atoms with Crippen LogP contribution in [0.25, 0.3) is 0 Å². The van der Waals surface area contributed by atoms with Crippen LogP contribution in [0.5, 0.6) is 17.2 Å². The van der Waals surface area contributed by atoms with E-state index in [9.17, 15) is 5.11 Å². The maximum Gasteiger partial charge on any atom is 0.128 e. The summed E-state index contributed by atoms with van der Waals surface area (Å²) in [5, 5.41) is 9.76. The van der Waals surface area contributed by atoms with E-state index in [-0.39, 0.29) is 0 Å². The van der Waals surface area contributed by atoms with Crippen molar-refractivity contribution in [3.63, 3.8) is 0 Å². The van der Waals surface area contributed by atoms with Crippen molar-refractivity contribution < 1.29 is 9.84 Å². The fourth-order valence-electron chi connectivity index (χ4n) is 2.28. The molecule has 2 aromatic carbocycles. The van der Waals surface area contributed by atoms with Gasteiger partial charge in [0.1, 0.15) is 17.2 Å². The first kappa shape index (κ1) is 14.4. The first-order valence-electron chi connectivity index (χ1n) is 7.02. The zero-order chi connectivity index (χ0) is 14.7. The van der Waals surface area contributed by atoms with E-state index in [0.29, 0.717) is 11.7 Å². The summed E-state index contributed by atoms with van der Waals surface area (Å²) in [5.41, 5.74) is 2.98. The summed E-state index contributed by atoms with van der Waals surface area (Å²) in [6, 6.07) is 11.9. The zero-order valence-electron chi connectivity index (χ0n) is 12.6. The minimum atomic E-state index is 0.338. The first-order chi connectivity index (χ1) is 9.45. The van der Waals surface area contributed by atoms with E-state index in [0.717, 1.165) is 29.0 Å². The Morgan fingerprint density at radius 2 is 1.50 bits per heavy atom. The van der Waals surface area contributed by atoms with Gasteiger partial charge in [0.2, 0.25) is 0 Å². The van der Waals surface area contributed by atoms with Gasteiger partial charge in [0, 0.05) is 0 Å². The number of hydrogen-bond donors (Lipinski definition) is 1. The van der Waals surface area contributed by atoms with Crippen LogP contribution in [0.2, 0.25) is 0 Å². The molecule has 1 N–H and O–H groups in total. The lowest BCUT2D eigenvalue weighted by molar-refractivity contribution is 0.456. The molecular weight excluding hydrogens is 248 g/mol. The molecule has 0 aromatic heterocycles. The minimum absolute atomic E-state index is 0.338. The number of benzene rings is 2. The third-order valence-electron chi connectivity index (χ3n) is 3.27. The van der Waals surface area contributed by atoms with Crippen molar-refractivity contribution in [2.24, 2.45) is 5.92 Å². The standard InChI is InChI=1S/C18H22O2/c1-12(2)9-15-5-7-16(8-6-15)20-17-10-13(3)18(19)14(4)11-17/h5-8,10-12,19H,9H2,1-4H3.